The number of para-hydroxylation sites is 1. The first-order chi connectivity index (χ1) is 15.6. The Labute approximate surface area is 196 Å². The second-order valence-electron chi connectivity index (χ2n) is 7.87. The molecule has 2 aromatic carbocycles. The first-order valence-electron chi connectivity index (χ1n) is 10.6. The first kappa shape index (κ1) is 20.8. The molecule has 0 bridgehead atoms. The molecule has 1 amide bonds. The van der Waals surface area contributed by atoms with Crippen molar-refractivity contribution in [3.05, 3.63) is 88.4 Å². The second-order valence-corrected chi connectivity index (χ2v) is 9.23. The Morgan fingerprint density at radius 1 is 0.969 bits per heavy atom. The molecule has 5 rings (SSSR count). The lowest BCUT2D eigenvalue weighted by molar-refractivity contribution is 0.0737. The number of piperazine rings is 1. The van der Waals surface area contributed by atoms with E-state index in [-0.39, 0.29) is 5.91 Å². The van der Waals surface area contributed by atoms with Crippen molar-refractivity contribution in [1.82, 2.24) is 14.7 Å². The van der Waals surface area contributed by atoms with E-state index in [4.69, 9.17) is 16.7 Å². The van der Waals surface area contributed by atoms with Crippen molar-refractivity contribution < 1.29 is 4.79 Å². The van der Waals surface area contributed by atoms with Crippen molar-refractivity contribution >= 4 is 34.5 Å². The van der Waals surface area contributed by atoms with Crippen LogP contribution in [-0.4, -0.2) is 46.8 Å². The van der Waals surface area contributed by atoms with E-state index in [0.717, 1.165) is 40.1 Å². The molecule has 0 unspecified atom stereocenters. The largest absolute Gasteiger partial charge is 0.367 e. The number of rotatable bonds is 4. The molecule has 0 N–H and O–H groups in total. The van der Waals surface area contributed by atoms with Gasteiger partial charge in [0.25, 0.3) is 5.91 Å². The number of thiophene rings is 1. The summed E-state index contributed by atoms with van der Waals surface area (Å²) in [6.07, 6.45) is 0. The van der Waals surface area contributed by atoms with Gasteiger partial charge in [-0.05, 0) is 48.7 Å². The molecule has 162 valence electrons. The predicted octanol–water partition coefficient (Wildman–Crippen LogP) is 5.53. The number of halogens is 1. The summed E-state index contributed by atoms with van der Waals surface area (Å²) in [7, 11) is 0. The maximum absolute atomic E-state index is 13.6. The number of hydrogen-bond donors (Lipinski definition) is 0. The molecule has 3 heterocycles. The number of aryl methyl sites for hydroxylation is 1. The lowest BCUT2D eigenvalue weighted by Crippen LogP contribution is -2.49. The molecule has 1 aliphatic heterocycles. The van der Waals surface area contributed by atoms with Gasteiger partial charge in [0, 0.05) is 26.2 Å². The summed E-state index contributed by atoms with van der Waals surface area (Å²) in [4.78, 5) is 18.8. The number of anilines is 1. The van der Waals surface area contributed by atoms with Crippen molar-refractivity contribution in [2.75, 3.05) is 31.1 Å². The van der Waals surface area contributed by atoms with E-state index >= 15 is 0 Å². The molecule has 0 saturated carbocycles. The van der Waals surface area contributed by atoms with E-state index in [1.54, 1.807) is 16.0 Å². The zero-order valence-corrected chi connectivity index (χ0v) is 19.3. The summed E-state index contributed by atoms with van der Waals surface area (Å²) >= 11 is 7.99. The molecule has 5 nitrogen and oxygen atoms in total. The summed E-state index contributed by atoms with van der Waals surface area (Å²) in [5.41, 5.74) is 4.48. The van der Waals surface area contributed by atoms with Gasteiger partial charge in [-0.1, -0.05) is 47.5 Å². The number of amides is 1. The van der Waals surface area contributed by atoms with E-state index in [2.05, 4.69) is 11.8 Å². The Kier molecular flexibility index (Phi) is 5.72. The lowest BCUT2D eigenvalue weighted by atomic mass is 10.2. The van der Waals surface area contributed by atoms with Gasteiger partial charge in [0.05, 0.1) is 21.3 Å². The van der Waals surface area contributed by atoms with E-state index < -0.39 is 0 Å². The fourth-order valence-corrected chi connectivity index (χ4v) is 4.92. The predicted molar refractivity (Wildman–Crippen MR) is 131 cm³/mol. The molecule has 2 aromatic heterocycles. The van der Waals surface area contributed by atoms with E-state index in [0.29, 0.717) is 18.8 Å². The molecule has 4 aromatic rings. The Bertz CT molecular complexity index is 1230. The van der Waals surface area contributed by atoms with Crippen LogP contribution in [0.15, 0.2) is 72.1 Å². The van der Waals surface area contributed by atoms with Crippen LogP contribution in [0.1, 0.15) is 16.1 Å². The van der Waals surface area contributed by atoms with Crippen molar-refractivity contribution in [2.24, 2.45) is 0 Å². The smallest absolute Gasteiger partial charge is 0.272 e. The minimum absolute atomic E-state index is 0.000287. The molecule has 0 radical (unpaired) electrons. The van der Waals surface area contributed by atoms with E-state index in [1.807, 2.05) is 77.0 Å². The van der Waals surface area contributed by atoms with Crippen LogP contribution in [0.25, 0.3) is 16.3 Å². The number of aromatic nitrogens is 2. The fraction of sp³-hybridized carbons (Fsp3) is 0.200. The Hall–Kier alpha value is -3.09. The highest BCUT2D eigenvalue weighted by molar-refractivity contribution is 7.13. The third kappa shape index (κ3) is 4.04. The normalized spacial score (nSPS) is 14.1. The van der Waals surface area contributed by atoms with Gasteiger partial charge >= 0.3 is 0 Å². The number of hydrogen-bond acceptors (Lipinski definition) is 4. The van der Waals surface area contributed by atoms with Gasteiger partial charge in [-0.3, -0.25) is 4.79 Å². The maximum Gasteiger partial charge on any atom is 0.272 e. The van der Waals surface area contributed by atoms with Crippen LogP contribution in [0.2, 0.25) is 5.02 Å². The monoisotopic (exact) mass is 462 g/mol. The van der Waals surface area contributed by atoms with E-state index in [9.17, 15) is 4.79 Å². The maximum atomic E-state index is 13.6. The van der Waals surface area contributed by atoms with Gasteiger partial charge < -0.3 is 9.80 Å². The third-order valence-electron chi connectivity index (χ3n) is 5.74. The summed E-state index contributed by atoms with van der Waals surface area (Å²) < 4.78 is 1.78. The molecule has 1 fully saturated rings. The highest BCUT2D eigenvalue weighted by Gasteiger charge is 2.27. The van der Waals surface area contributed by atoms with Crippen molar-refractivity contribution in [3.63, 3.8) is 0 Å². The van der Waals surface area contributed by atoms with Crippen molar-refractivity contribution in [2.45, 2.75) is 6.92 Å². The fourth-order valence-electron chi connectivity index (χ4n) is 3.98. The van der Waals surface area contributed by atoms with Crippen LogP contribution in [-0.2, 0) is 0 Å². The van der Waals surface area contributed by atoms with Gasteiger partial charge in [-0.2, -0.15) is 5.10 Å². The quantitative estimate of drug-likeness (QED) is 0.400. The van der Waals surface area contributed by atoms with Crippen molar-refractivity contribution in [1.29, 1.82) is 0 Å². The van der Waals surface area contributed by atoms with Gasteiger partial charge in [-0.15, -0.1) is 11.3 Å². The van der Waals surface area contributed by atoms with E-state index in [1.165, 1.54) is 5.56 Å². The van der Waals surface area contributed by atoms with Crippen LogP contribution in [0.5, 0.6) is 0 Å². The van der Waals surface area contributed by atoms with Gasteiger partial charge in [0.15, 0.2) is 0 Å². The molecule has 1 aliphatic rings. The average molecular weight is 463 g/mol. The van der Waals surface area contributed by atoms with Crippen molar-refractivity contribution in [3.8, 4) is 16.3 Å². The zero-order valence-electron chi connectivity index (χ0n) is 17.7. The molecule has 1 saturated heterocycles. The number of carbonyl (C=O) groups excluding carboxylic acids is 1. The topological polar surface area (TPSA) is 41.4 Å². The highest BCUT2D eigenvalue weighted by atomic mass is 35.5. The Balaban J connectivity index is 1.42. The standard InChI is InChI=1S/C25H23ClN4OS/c1-18-8-10-19(11-9-18)30-23(17-21(27-30)24-7-4-16-32-24)25(31)29-14-12-28(13-15-29)22-6-3-2-5-20(22)26/h2-11,16-17H,12-15H2,1H3. The molecule has 0 atom stereocenters. The summed E-state index contributed by atoms with van der Waals surface area (Å²) in [6.45, 7) is 4.81. The molecule has 0 aliphatic carbocycles. The number of benzene rings is 2. The Morgan fingerprint density at radius 2 is 1.72 bits per heavy atom. The summed E-state index contributed by atoms with van der Waals surface area (Å²) in [5, 5.41) is 7.56. The van der Waals surface area contributed by atoms with Crippen LogP contribution in [0.3, 0.4) is 0 Å². The second kappa shape index (κ2) is 8.81. The molecule has 0 spiro atoms. The van der Waals surface area contributed by atoms with Gasteiger partial charge in [0.1, 0.15) is 11.4 Å². The summed E-state index contributed by atoms with van der Waals surface area (Å²) in [6, 6.07) is 21.9. The van der Waals surface area contributed by atoms with Crippen LogP contribution in [0.4, 0.5) is 5.69 Å². The highest BCUT2D eigenvalue weighted by Crippen LogP contribution is 2.28. The SMILES string of the molecule is Cc1ccc(-n2nc(-c3cccs3)cc2C(=O)N2CCN(c3ccccc3Cl)CC2)cc1. The first-order valence-corrected chi connectivity index (χ1v) is 11.9. The molecule has 32 heavy (non-hydrogen) atoms. The summed E-state index contributed by atoms with van der Waals surface area (Å²) in [5.74, 6) is -0.000287. The number of nitrogens with zero attached hydrogens (tertiary/aromatic N) is 4. The lowest BCUT2D eigenvalue weighted by Gasteiger charge is -2.36. The Morgan fingerprint density at radius 3 is 2.41 bits per heavy atom. The van der Waals surface area contributed by atoms with Crippen LogP contribution >= 0.6 is 22.9 Å². The van der Waals surface area contributed by atoms with Gasteiger partial charge in [0.2, 0.25) is 0 Å². The van der Waals surface area contributed by atoms with Crippen LogP contribution in [0, 0.1) is 6.92 Å². The minimum atomic E-state index is -0.000287. The molecular formula is C25H23ClN4OS. The average Bonchev–Trinajstić information content (AvgIpc) is 3.50. The minimum Gasteiger partial charge on any atom is -0.367 e. The molecule has 7 heteroatoms. The van der Waals surface area contributed by atoms with Gasteiger partial charge in [-0.25, -0.2) is 4.68 Å². The zero-order chi connectivity index (χ0) is 22.1. The third-order valence-corrected chi connectivity index (χ3v) is 6.95. The van der Waals surface area contributed by atoms with Crippen LogP contribution < -0.4 is 4.90 Å². The molecular weight excluding hydrogens is 440 g/mol. The number of carbonyl (C=O) groups is 1.